The lowest BCUT2D eigenvalue weighted by Gasteiger charge is -2.30. The number of amides is 2. The number of benzene rings is 2. The van der Waals surface area contributed by atoms with E-state index >= 15 is 0 Å². The molecule has 1 saturated heterocycles. The van der Waals surface area contributed by atoms with Gasteiger partial charge in [0.2, 0.25) is 5.91 Å². The van der Waals surface area contributed by atoms with Crippen LogP contribution in [-0.4, -0.2) is 23.3 Å². The van der Waals surface area contributed by atoms with E-state index in [1.807, 2.05) is 0 Å². The van der Waals surface area contributed by atoms with Crippen molar-refractivity contribution >= 4 is 28.3 Å². The molecule has 5 nitrogen and oxygen atoms in total. The third-order valence-corrected chi connectivity index (χ3v) is 7.06. The van der Waals surface area contributed by atoms with Crippen molar-refractivity contribution < 1.29 is 27.2 Å². The van der Waals surface area contributed by atoms with E-state index < -0.39 is 11.7 Å². The zero-order valence-corrected chi connectivity index (χ0v) is 19.7. The van der Waals surface area contributed by atoms with E-state index in [0.29, 0.717) is 46.2 Å². The van der Waals surface area contributed by atoms with Gasteiger partial charge in [-0.3, -0.25) is 14.5 Å². The number of alkyl halides is 3. The van der Waals surface area contributed by atoms with Crippen LogP contribution in [0.5, 0.6) is 0 Å². The molecule has 0 radical (unpaired) electrons. The molecule has 0 spiro atoms. The van der Waals surface area contributed by atoms with E-state index in [4.69, 9.17) is 0 Å². The van der Waals surface area contributed by atoms with Gasteiger partial charge < -0.3 is 5.32 Å². The van der Waals surface area contributed by atoms with Gasteiger partial charge in [-0.15, -0.1) is 0 Å². The van der Waals surface area contributed by atoms with Crippen LogP contribution in [0.4, 0.5) is 22.7 Å². The molecule has 0 saturated carbocycles. The molecule has 35 heavy (non-hydrogen) atoms. The zero-order valence-electron chi connectivity index (χ0n) is 18.9. The second-order valence-electron chi connectivity index (χ2n) is 8.45. The number of aryl methyl sites for hydroxylation is 1. The molecule has 0 bridgehead atoms. The second kappa shape index (κ2) is 10.2. The Bertz CT molecular complexity index is 1220. The van der Waals surface area contributed by atoms with Crippen LogP contribution in [0.2, 0.25) is 0 Å². The third-order valence-electron chi connectivity index (χ3n) is 5.88. The maximum atomic E-state index is 13.4. The minimum atomic E-state index is -4.40. The second-order valence-corrected chi connectivity index (χ2v) is 9.43. The molecule has 0 aliphatic carbocycles. The van der Waals surface area contributed by atoms with E-state index in [9.17, 15) is 27.2 Å². The molecule has 2 heterocycles. The summed E-state index contributed by atoms with van der Waals surface area (Å²) in [5.41, 5.74) is 1.04. The Labute approximate surface area is 203 Å². The van der Waals surface area contributed by atoms with Crippen LogP contribution >= 0.6 is 11.3 Å². The lowest BCUT2D eigenvalue weighted by atomic mass is 9.90. The Morgan fingerprint density at radius 3 is 2.60 bits per heavy atom. The molecule has 2 aromatic carbocycles. The van der Waals surface area contributed by atoms with E-state index in [2.05, 4.69) is 10.3 Å². The molecular formula is C25H23F4N3O2S. The van der Waals surface area contributed by atoms with Crippen LogP contribution in [0.25, 0.3) is 0 Å². The molecule has 1 atom stereocenters. The highest BCUT2D eigenvalue weighted by molar-refractivity contribution is 7.17. The van der Waals surface area contributed by atoms with Gasteiger partial charge in [-0.2, -0.15) is 13.2 Å². The molecule has 184 valence electrons. The molecule has 1 fully saturated rings. The molecular weight excluding hydrogens is 482 g/mol. The average molecular weight is 506 g/mol. The van der Waals surface area contributed by atoms with Gasteiger partial charge in [-0.25, -0.2) is 9.37 Å². The van der Waals surface area contributed by atoms with Crippen molar-refractivity contribution in [3.05, 3.63) is 81.6 Å². The molecule has 1 aromatic heterocycles. The molecule has 1 unspecified atom stereocenters. The standard InChI is InChI=1S/C25H23F4N3O2S/c1-15-21(22(33)30-14-17-4-2-6-20(26)13-17)35-24(31-15)32-11-3-5-18(23(32)34)12-16-7-9-19(10-8-16)25(27,28)29/h2,4,6-10,13,18H,3,5,11-12,14H2,1H3,(H,30,33). The topological polar surface area (TPSA) is 62.3 Å². The summed E-state index contributed by atoms with van der Waals surface area (Å²) in [4.78, 5) is 32.2. The van der Waals surface area contributed by atoms with Gasteiger partial charge >= 0.3 is 6.18 Å². The monoisotopic (exact) mass is 505 g/mol. The summed E-state index contributed by atoms with van der Waals surface area (Å²) in [7, 11) is 0. The number of halogens is 4. The van der Waals surface area contributed by atoms with E-state index in [0.717, 1.165) is 29.9 Å². The number of aromatic nitrogens is 1. The first kappa shape index (κ1) is 24.8. The largest absolute Gasteiger partial charge is 0.416 e. The number of nitrogens with zero attached hydrogens (tertiary/aromatic N) is 2. The number of rotatable bonds is 6. The van der Waals surface area contributed by atoms with Gasteiger partial charge in [0, 0.05) is 19.0 Å². The SMILES string of the molecule is Cc1nc(N2CCCC(Cc3ccc(C(F)(F)F)cc3)C2=O)sc1C(=O)NCc1cccc(F)c1. The summed E-state index contributed by atoms with van der Waals surface area (Å²) in [5.74, 6) is -1.28. The minimum absolute atomic E-state index is 0.154. The van der Waals surface area contributed by atoms with Crippen LogP contribution in [0.15, 0.2) is 48.5 Å². The Hall–Kier alpha value is -3.27. The van der Waals surface area contributed by atoms with Gasteiger partial charge in [0.1, 0.15) is 10.7 Å². The summed E-state index contributed by atoms with van der Waals surface area (Å²) < 4.78 is 51.8. The van der Waals surface area contributed by atoms with E-state index in [1.165, 1.54) is 24.3 Å². The fourth-order valence-corrected chi connectivity index (χ4v) is 5.08. The summed E-state index contributed by atoms with van der Waals surface area (Å²) in [5, 5.41) is 3.17. The third kappa shape index (κ3) is 5.87. The van der Waals surface area contributed by atoms with Crippen LogP contribution < -0.4 is 10.2 Å². The number of carbonyl (C=O) groups is 2. The van der Waals surface area contributed by atoms with Gasteiger partial charge in [0.15, 0.2) is 5.13 Å². The number of anilines is 1. The number of hydrogen-bond acceptors (Lipinski definition) is 4. The Balaban J connectivity index is 1.42. The molecule has 10 heteroatoms. The lowest BCUT2D eigenvalue weighted by molar-refractivity contribution is -0.137. The first-order valence-corrected chi connectivity index (χ1v) is 11.9. The van der Waals surface area contributed by atoms with Crippen molar-refractivity contribution in [2.24, 2.45) is 5.92 Å². The molecule has 2 amide bonds. The maximum absolute atomic E-state index is 13.4. The number of carbonyl (C=O) groups excluding carboxylic acids is 2. The van der Waals surface area contributed by atoms with Crippen molar-refractivity contribution in [2.75, 3.05) is 11.4 Å². The number of thiazole rings is 1. The van der Waals surface area contributed by atoms with Gasteiger partial charge in [0.25, 0.3) is 5.91 Å². The highest BCUT2D eigenvalue weighted by Crippen LogP contribution is 2.33. The smallest absolute Gasteiger partial charge is 0.347 e. The molecule has 1 aliphatic rings. The van der Waals surface area contributed by atoms with Crippen molar-refractivity contribution in [3.63, 3.8) is 0 Å². The maximum Gasteiger partial charge on any atom is 0.416 e. The van der Waals surface area contributed by atoms with Crippen molar-refractivity contribution in [3.8, 4) is 0 Å². The van der Waals surface area contributed by atoms with Crippen LogP contribution in [0.3, 0.4) is 0 Å². The molecule has 1 N–H and O–H groups in total. The predicted molar refractivity (Wildman–Crippen MR) is 125 cm³/mol. The van der Waals surface area contributed by atoms with E-state index in [-0.39, 0.29) is 30.1 Å². The Morgan fingerprint density at radius 1 is 1.17 bits per heavy atom. The Kier molecular flexibility index (Phi) is 7.20. The fraction of sp³-hybridized carbons (Fsp3) is 0.320. The quantitative estimate of drug-likeness (QED) is 0.449. The fourth-order valence-electron chi connectivity index (χ4n) is 4.06. The van der Waals surface area contributed by atoms with Gasteiger partial charge in [-0.1, -0.05) is 35.6 Å². The summed E-state index contributed by atoms with van der Waals surface area (Å²) in [6.07, 6.45) is -2.72. The molecule has 1 aliphatic heterocycles. The summed E-state index contributed by atoms with van der Waals surface area (Å²) in [6.45, 7) is 2.30. The zero-order chi connectivity index (χ0) is 25.2. The first-order valence-electron chi connectivity index (χ1n) is 11.1. The Morgan fingerprint density at radius 2 is 1.91 bits per heavy atom. The van der Waals surface area contributed by atoms with Gasteiger partial charge in [0.05, 0.1) is 11.3 Å². The summed E-state index contributed by atoms with van der Waals surface area (Å²) in [6, 6.07) is 10.8. The van der Waals surface area contributed by atoms with Gasteiger partial charge in [-0.05, 0) is 61.6 Å². The van der Waals surface area contributed by atoms with E-state index in [1.54, 1.807) is 24.0 Å². The molecule has 3 aromatic rings. The first-order chi connectivity index (χ1) is 16.6. The van der Waals surface area contributed by atoms with Crippen molar-refractivity contribution in [1.82, 2.24) is 10.3 Å². The minimum Gasteiger partial charge on any atom is -0.347 e. The lowest BCUT2D eigenvalue weighted by Crippen LogP contribution is -2.42. The number of hydrogen-bond donors (Lipinski definition) is 1. The molecule has 4 rings (SSSR count). The average Bonchev–Trinajstić information content (AvgIpc) is 3.20. The highest BCUT2D eigenvalue weighted by atomic mass is 32.1. The van der Waals surface area contributed by atoms with Crippen LogP contribution in [0.1, 0.15) is 44.9 Å². The normalized spacial score (nSPS) is 16.4. The van der Waals surface area contributed by atoms with Crippen molar-refractivity contribution in [2.45, 2.75) is 38.9 Å². The summed E-state index contributed by atoms with van der Waals surface area (Å²) >= 11 is 1.11. The predicted octanol–water partition coefficient (Wildman–Crippen LogP) is 5.53. The van der Waals surface area contributed by atoms with Crippen LogP contribution in [-0.2, 0) is 23.9 Å². The van der Waals surface area contributed by atoms with Crippen molar-refractivity contribution in [1.29, 1.82) is 0 Å². The van der Waals surface area contributed by atoms with Crippen LogP contribution in [0, 0.1) is 18.7 Å². The number of nitrogens with one attached hydrogen (secondary N) is 1. The number of piperidine rings is 1. The highest BCUT2D eigenvalue weighted by Gasteiger charge is 2.33.